The zero-order chi connectivity index (χ0) is 8.48. The molecule has 1 rings (SSSR count). The molecule has 0 unspecified atom stereocenters. The Bertz CT molecular complexity index is 242. The zero-order valence-corrected chi connectivity index (χ0v) is 7.52. The lowest BCUT2D eigenvalue weighted by atomic mass is 10.4. The topological polar surface area (TPSA) is 37.4 Å². The Hall–Kier alpha value is -0.510. The molecule has 0 bridgehead atoms. The van der Waals surface area contributed by atoms with Gasteiger partial charge in [0.05, 0.1) is 11.5 Å². The highest BCUT2D eigenvalue weighted by Crippen LogP contribution is 2.07. The molecule has 1 aliphatic heterocycles. The molecular formula is C7H13NO2S. The van der Waals surface area contributed by atoms with Gasteiger partial charge in [-0.15, -0.1) is 0 Å². The fraction of sp³-hybridized carbons (Fsp3) is 0.714. The second-order valence-corrected chi connectivity index (χ2v) is 5.18. The van der Waals surface area contributed by atoms with Crippen molar-refractivity contribution in [3.05, 3.63) is 12.3 Å². The fourth-order valence-electron chi connectivity index (χ4n) is 1.09. The lowest BCUT2D eigenvalue weighted by molar-refractivity contribution is 0.372. The minimum atomic E-state index is -2.73. The van der Waals surface area contributed by atoms with Crippen molar-refractivity contribution in [3.63, 3.8) is 0 Å². The van der Waals surface area contributed by atoms with E-state index >= 15 is 0 Å². The highest BCUT2D eigenvalue weighted by molar-refractivity contribution is 7.91. The molecule has 1 saturated heterocycles. The molecular weight excluding hydrogens is 162 g/mol. The van der Waals surface area contributed by atoms with Crippen LogP contribution in [0.4, 0.5) is 0 Å². The molecule has 0 amide bonds. The van der Waals surface area contributed by atoms with Crippen LogP contribution in [-0.4, -0.2) is 37.9 Å². The quantitative estimate of drug-likeness (QED) is 0.573. The highest BCUT2D eigenvalue weighted by atomic mass is 32.2. The van der Waals surface area contributed by atoms with Crippen molar-refractivity contribution < 1.29 is 8.42 Å². The average Bonchev–Trinajstić information content (AvgIpc) is 1.86. The SMILES string of the molecule is C=C(C)N1CCS(=O)(=O)CC1. The summed E-state index contributed by atoms with van der Waals surface area (Å²) < 4.78 is 21.9. The number of nitrogens with zero attached hydrogens (tertiary/aromatic N) is 1. The molecule has 0 aliphatic carbocycles. The molecule has 0 aromatic rings. The Kier molecular flexibility index (Phi) is 2.23. The Morgan fingerprint density at radius 3 is 2.18 bits per heavy atom. The molecule has 4 heteroatoms. The van der Waals surface area contributed by atoms with Crippen LogP contribution in [-0.2, 0) is 9.84 Å². The van der Waals surface area contributed by atoms with Crippen molar-refractivity contribution in [2.45, 2.75) is 6.92 Å². The smallest absolute Gasteiger partial charge is 0.153 e. The van der Waals surface area contributed by atoms with Crippen molar-refractivity contribution in [2.24, 2.45) is 0 Å². The van der Waals surface area contributed by atoms with Crippen LogP contribution in [0.2, 0.25) is 0 Å². The van der Waals surface area contributed by atoms with Crippen LogP contribution < -0.4 is 0 Å². The summed E-state index contributed by atoms with van der Waals surface area (Å²) in [5, 5.41) is 0. The Labute approximate surface area is 67.6 Å². The summed E-state index contributed by atoms with van der Waals surface area (Å²) in [6, 6.07) is 0. The first-order valence-corrected chi connectivity index (χ1v) is 5.44. The van der Waals surface area contributed by atoms with E-state index in [-0.39, 0.29) is 11.5 Å². The van der Waals surface area contributed by atoms with Gasteiger partial charge in [0.25, 0.3) is 0 Å². The van der Waals surface area contributed by atoms with Gasteiger partial charge in [0, 0.05) is 18.8 Å². The maximum Gasteiger partial charge on any atom is 0.153 e. The van der Waals surface area contributed by atoms with Gasteiger partial charge >= 0.3 is 0 Å². The Morgan fingerprint density at radius 1 is 1.36 bits per heavy atom. The van der Waals surface area contributed by atoms with Gasteiger partial charge in [-0.05, 0) is 6.92 Å². The van der Waals surface area contributed by atoms with Gasteiger partial charge in [-0.1, -0.05) is 6.58 Å². The second kappa shape index (κ2) is 2.85. The summed E-state index contributed by atoms with van der Waals surface area (Å²) in [6.45, 7) is 6.88. The monoisotopic (exact) mass is 175 g/mol. The number of allylic oxidation sites excluding steroid dienone is 1. The van der Waals surface area contributed by atoms with Gasteiger partial charge in [-0.25, -0.2) is 8.42 Å². The fourth-order valence-corrected chi connectivity index (χ4v) is 2.30. The largest absolute Gasteiger partial charge is 0.373 e. The van der Waals surface area contributed by atoms with Crippen molar-refractivity contribution >= 4 is 9.84 Å². The third-order valence-electron chi connectivity index (χ3n) is 1.88. The lowest BCUT2D eigenvalue weighted by Crippen LogP contribution is -2.38. The van der Waals surface area contributed by atoms with Crippen LogP contribution in [0, 0.1) is 0 Å². The molecule has 1 fully saturated rings. The molecule has 1 aliphatic rings. The maximum atomic E-state index is 11.0. The summed E-state index contributed by atoms with van der Waals surface area (Å²) in [6.07, 6.45) is 0. The Balaban J connectivity index is 2.56. The van der Waals surface area contributed by atoms with Crippen molar-refractivity contribution in [2.75, 3.05) is 24.6 Å². The van der Waals surface area contributed by atoms with Gasteiger partial charge in [-0.3, -0.25) is 0 Å². The molecule has 0 radical (unpaired) electrons. The second-order valence-electron chi connectivity index (χ2n) is 2.87. The van der Waals surface area contributed by atoms with Crippen LogP contribution in [0.15, 0.2) is 12.3 Å². The molecule has 3 nitrogen and oxygen atoms in total. The first kappa shape index (κ1) is 8.59. The predicted molar refractivity (Wildman–Crippen MR) is 45.0 cm³/mol. The van der Waals surface area contributed by atoms with Crippen LogP contribution >= 0.6 is 0 Å². The normalized spacial score (nSPS) is 23.2. The molecule has 0 saturated carbocycles. The average molecular weight is 175 g/mol. The minimum absolute atomic E-state index is 0.278. The van der Waals surface area contributed by atoms with E-state index in [2.05, 4.69) is 6.58 Å². The minimum Gasteiger partial charge on any atom is -0.373 e. The van der Waals surface area contributed by atoms with E-state index < -0.39 is 9.84 Å². The van der Waals surface area contributed by atoms with Crippen LogP contribution in [0.5, 0.6) is 0 Å². The highest BCUT2D eigenvalue weighted by Gasteiger charge is 2.20. The number of rotatable bonds is 1. The van der Waals surface area contributed by atoms with E-state index in [4.69, 9.17) is 0 Å². The first-order chi connectivity index (χ1) is 5.01. The molecule has 0 aromatic heterocycles. The third kappa shape index (κ3) is 2.22. The molecule has 0 atom stereocenters. The van der Waals surface area contributed by atoms with Crippen molar-refractivity contribution in [3.8, 4) is 0 Å². The van der Waals surface area contributed by atoms with Gasteiger partial charge in [-0.2, -0.15) is 0 Å². The maximum absolute atomic E-state index is 11.0. The molecule has 0 spiro atoms. The molecule has 0 N–H and O–H groups in total. The number of hydrogen-bond donors (Lipinski definition) is 0. The van der Waals surface area contributed by atoms with Crippen LogP contribution in [0.1, 0.15) is 6.92 Å². The van der Waals surface area contributed by atoms with Crippen LogP contribution in [0.3, 0.4) is 0 Å². The van der Waals surface area contributed by atoms with Gasteiger partial charge in [0.1, 0.15) is 0 Å². The summed E-state index contributed by atoms with van der Waals surface area (Å²) >= 11 is 0. The van der Waals surface area contributed by atoms with E-state index in [9.17, 15) is 8.42 Å². The van der Waals surface area contributed by atoms with Gasteiger partial charge < -0.3 is 4.90 Å². The zero-order valence-electron chi connectivity index (χ0n) is 6.71. The third-order valence-corrected chi connectivity index (χ3v) is 3.49. The molecule has 11 heavy (non-hydrogen) atoms. The van der Waals surface area contributed by atoms with E-state index in [0.717, 1.165) is 5.70 Å². The van der Waals surface area contributed by atoms with Crippen molar-refractivity contribution in [1.82, 2.24) is 4.90 Å². The summed E-state index contributed by atoms with van der Waals surface area (Å²) in [7, 11) is -2.73. The standard InChI is InChI=1S/C7H13NO2S/c1-7(2)8-3-5-11(9,10)6-4-8/h1,3-6H2,2H3. The lowest BCUT2D eigenvalue weighted by Gasteiger charge is -2.28. The summed E-state index contributed by atoms with van der Waals surface area (Å²) in [4.78, 5) is 2.00. The van der Waals surface area contributed by atoms with E-state index in [0.29, 0.717) is 13.1 Å². The van der Waals surface area contributed by atoms with E-state index in [1.165, 1.54) is 0 Å². The van der Waals surface area contributed by atoms with E-state index in [1.807, 2.05) is 11.8 Å². The predicted octanol–water partition coefficient (Wildman–Crippen LogP) is 0.250. The van der Waals surface area contributed by atoms with E-state index in [1.54, 1.807) is 0 Å². The number of sulfone groups is 1. The summed E-state index contributed by atoms with van der Waals surface area (Å²) in [5.41, 5.74) is 0.958. The van der Waals surface area contributed by atoms with Gasteiger partial charge in [0.2, 0.25) is 0 Å². The molecule has 0 aromatic carbocycles. The molecule has 64 valence electrons. The van der Waals surface area contributed by atoms with Crippen molar-refractivity contribution in [1.29, 1.82) is 0 Å². The Morgan fingerprint density at radius 2 is 1.82 bits per heavy atom. The molecule has 1 heterocycles. The van der Waals surface area contributed by atoms with Crippen LogP contribution in [0.25, 0.3) is 0 Å². The summed E-state index contributed by atoms with van der Waals surface area (Å²) in [5.74, 6) is 0.555. The number of hydrogen-bond acceptors (Lipinski definition) is 3. The first-order valence-electron chi connectivity index (χ1n) is 3.62. The van der Waals surface area contributed by atoms with Gasteiger partial charge in [0.15, 0.2) is 9.84 Å².